The van der Waals surface area contributed by atoms with Crippen molar-refractivity contribution in [2.45, 2.75) is 31.9 Å². The number of hydrogen-bond acceptors (Lipinski definition) is 2. The van der Waals surface area contributed by atoms with Gasteiger partial charge in [0.15, 0.2) is 5.96 Å². The second-order valence-corrected chi connectivity index (χ2v) is 5.95. The molecule has 0 saturated carbocycles. The van der Waals surface area contributed by atoms with E-state index in [1.165, 1.54) is 0 Å². The van der Waals surface area contributed by atoms with Crippen molar-refractivity contribution >= 4 is 45.9 Å². The molecule has 0 spiro atoms. The van der Waals surface area contributed by atoms with Crippen molar-refractivity contribution in [2.24, 2.45) is 4.99 Å². The van der Waals surface area contributed by atoms with E-state index in [1.807, 2.05) is 31.2 Å². The van der Waals surface area contributed by atoms with Crippen LogP contribution in [0.2, 0.25) is 0 Å². The normalized spacial score (nSPS) is 16.0. The predicted octanol–water partition coefficient (Wildman–Crippen LogP) is 3.72. The molecule has 22 heavy (non-hydrogen) atoms. The maximum Gasteiger partial charge on any atom is 0.191 e. The molecule has 4 nitrogen and oxygen atoms in total. The highest BCUT2D eigenvalue weighted by atomic mass is 127. The molecule has 2 N–H and O–H groups in total. The average Bonchev–Trinajstić information content (AvgIpc) is 2.99. The largest absolute Gasteiger partial charge is 0.488 e. The fraction of sp³-hybridized carbons (Fsp3) is 0.438. The number of halogens is 2. The van der Waals surface area contributed by atoms with Gasteiger partial charge in [0.1, 0.15) is 11.9 Å². The van der Waals surface area contributed by atoms with Gasteiger partial charge in [0, 0.05) is 13.1 Å². The number of guanidine groups is 1. The molecule has 1 atom stereocenters. The molecule has 0 fully saturated rings. The first-order chi connectivity index (χ1) is 10.2. The summed E-state index contributed by atoms with van der Waals surface area (Å²) < 4.78 is 6.87. The van der Waals surface area contributed by atoms with Gasteiger partial charge in [-0.3, -0.25) is 4.99 Å². The van der Waals surface area contributed by atoms with E-state index < -0.39 is 0 Å². The molecular weight excluding hydrogens is 457 g/mol. The molecule has 122 valence electrons. The SMILES string of the molecule is CN=C(NCC(C)Oc1ccccc1Br)NC1CC=CC1.I. The van der Waals surface area contributed by atoms with Crippen LogP contribution in [0.15, 0.2) is 45.9 Å². The molecule has 1 unspecified atom stereocenters. The van der Waals surface area contributed by atoms with E-state index >= 15 is 0 Å². The number of hydrogen-bond donors (Lipinski definition) is 2. The fourth-order valence-corrected chi connectivity index (χ4v) is 2.54. The van der Waals surface area contributed by atoms with E-state index in [2.05, 4.69) is 43.7 Å². The van der Waals surface area contributed by atoms with Crippen LogP contribution in [-0.4, -0.2) is 31.7 Å². The molecule has 1 aromatic rings. The smallest absolute Gasteiger partial charge is 0.191 e. The van der Waals surface area contributed by atoms with Crippen LogP contribution < -0.4 is 15.4 Å². The van der Waals surface area contributed by atoms with E-state index in [-0.39, 0.29) is 30.1 Å². The van der Waals surface area contributed by atoms with Crippen LogP contribution >= 0.6 is 39.9 Å². The Morgan fingerprint density at radius 2 is 2.05 bits per heavy atom. The van der Waals surface area contributed by atoms with Crippen molar-refractivity contribution in [1.82, 2.24) is 10.6 Å². The Hall–Kier alpha value is -0.760. The summed E-state index contributed by atoms with van der Waals surface area (Å²) in [5.41, 5.74) is 0. The van der Waals surface area contributed by atoms with Gasteiger partial charge < -0.3 is 15.4 Å². The lowest BCUT2D eigenvalue weighted by Crippen LogP contribution is -2.45. The summed E-state index contributed by atoms with van der Waals surface area (Å²) in [5, 5.41) is 6.71. The summed E-state index contributed by atoms with van der Waals surface area (Å²) in [5.74, 6) is 1.68. The minimum absolute atomic E-state index is 0. The topological polar surface area (TPSA) is 45.7 Å². The minimum Gasteiger partial charge on any atom is -0.488 e. The number of ether oxygens (including phenoxy) is 1. The van der Waals surface area contributed by atoms with Gasteiger partial charge in [0.2, 0.25) is 0 Å². The van der Waals surface area contributed by atoms with Crippen molar-refractivity contribution in [3.05, 3.63) is 40.9 Å². The molecule has 0 radical (unpaired) electrons. The predicted molar refractivity (Wildman–Crippen MR) is 106 cm³/mol. The zero-order valence-electron chi connectivity index (χ0n) is 12.9. The summed E-state index contributed by atoms with van der Waals surface area (Å²) in [7, 11) is 1.79. The van der Waals surface area contributed by atoms with Crippen molar-refractivity contribution in [3.8, 4) is 5.75 Å². The summed E-state index contributed by atoms with van der Waals surface area (Å²) in [6.07, 6.45) is 6.56. The highest BCUT2D eigenvalue weighted by molar-refractivity contribution is 14.0. The quantitative estimate of drug-likeness (QED) is 0.293. The Kier molecular flexibility index (Phi) is 8.85. The second kappa shape index (κ2) is 10.1. The van der Waals surface area contributed by atoms with E-state index in [9.17, 15) is 0 Å². The Morgan fingerprint density at radius 1 is 1.36 bits per heavy atom. The third-order valence-corrected chi connectivity index (χ3v) is 3.95. The van der Waals surface area contributed by atoms with Crippen LogP contribution in [0, 0.1) is 0 Å². The minimum atomic E-state index is 0. The van der Waals surface area contributed by atoms with Gasteiger partial charge >= 0.3 is 0 Å². The van der Waals surface area contributed by atoms with Crippen molar-refractivity contribution < 1.29 is 4.74 Å². The van der Waals surface area contributed by atoms with Crippen LogP contribution in [0.4, 0.5) is 0 Å². The summed E-state index contributed by atoms with van der Waals surface area (Å²) in [6.45, 7) is 2.73. The van der Waals surface area contributed by atoms with Crippen LogP contribution in [-0.2, 0) is 0 Å². The van der Waals surface area contributed by atoms with Gasteiger partial charge in [-0.1, -0.05) is 24.3 Å². The second-order valence-electron chi connectivity index (χ2n) is 5.10. The van der Waals surface area contributed by atoms with E-state index in [1.54, 1.807) is 7.05 Å². The van der Waals surface area contributed by atoms with Gasteiger partial charge in [-0.2, -0.15) is 0 Å². The van der Waals surface area contributed by atoms with E-state index in [0.717, 1.165) is 29.0 Å². The molecule has 0 bridgehead atoms. The fourth-order valence-electron chi connectivity index (χ4n) is 2.16. The number of nitrogens with one attached hydrogen (secondary N) is 2. The molecule has 0 aromatic heterocycles. The maximum atomic E-state index is 5.91. The molecule has 2 rings (SSSR count). The van der Waals surface area contributed by atoms with Crippen LogP contribution in [0.5, 0.6) is 5.75 Å². The van der Waals surface area contributed by atoms with Crippen LogP contribution in [0.1, 0.15) is 19.8 Å². The lowest BCUT2D eigenvalue weighted by Gasteiger charge is -2.20. The van der Waals surface area contributed by atoms with Gasteiger partial charge in [0.25, 0.3) is 0 Å². The number of nitrogens with zero attached hydrogens (tertiary/aromatic N) is 1. The van der Waals surface area contributed by atoms with Crippen molar-refractivity contribution in [2.75, 3.05) is 13.6 Å². The summed E-state index contributed by atoms with van der Waals surface area (Å²) in [4.78, 5) is 4.25. The number of para-hydroxylation sites is 1. The Morgan fingerprint density at radius 3 is 2.68 bits per heavy atom. The molecule has 1 aromatic carbocycles. The van der Waals surface area contributed by atoms with Crippen molar-refractivity contribution in [1.29, 1.82) is 0 Å². The number of benzene rings is 1. The molecule has 0 heterocycles. The third-order valence-electron chi connectivity index (χ3n) is 3.29. The van der Waals surface area contributed by atoms with Gasteiger partial charge in [-0.15, -0.1) is 24.0 Å². The molecule has 0 amide bonds. The molecule has 1 aliphatic carbocycles. The Bertz CT molecular complexity index is 514. The van der Waals surface area contributed by atoms with Crippen LogP contribution in [0.25, 0.3) is 0 Å². The monoisotopic (exact) mass is 479 g/mol. The van der Waals surface area contributed by atoms with Gasteiger partial charge in [-0.05, 0) is 47.8 Å². The molecular formula is C16H23BrIN3O. The number of aliphatic imine (C=N–C) groups is 1. The lowest BCUT2D eigenvalue weighted by atomic mass is 10.2. The maximum absolute atomic E-state index is 5.91. The molecule has 1 aliphatic rings. The van der Waals surface area contributed by atoms with Gasteiger partial charge in [0.05, 0.1) is 11.0 Å². The van der Waals surface area contributed by atoms with E-state index in [0.29, 0.717) is 12.6 Å². The number of rotatable bonds is 5. The molecule has 6 heteroatoms. The highest BCUT2D eigenvalue weighted by Gasteiger charge is 2.13. The zero-order valence-corrected chi connectivity index (χ0v) is 16.8. The first kappa shape index (κ1) is 19.3. The molecule has 0 saturated heterocycles. The zero-order chi connectivity index (χ0) is 15.1. The first-order valence-corrected chi connectivity index (χ1v) is 8.01. The lowest BCUT2D eigenvalue weighted by molar-refractivity contribution is 0.222. The summed E-state index contributed by atoms with van der Waals surface area (Å²) >= 11 is 3.49. The van der Waals surface area contributed by atoms with Crippen molar-refractivity contribution in [3.63, 3.8) is 0 Å². The van der Waals surface area contributed by atoms with Gasteiger partial charge in [-0.25, -0.2) is 0 Å². The highest BCUT2D eigenvalue weighted by Crippen LogP contribution is 2.24. The standard InChI is InChI=1S/C16H22BrN3O.HI/c1-12(21-15-10-6-5-9-14(15)17)11-19-16(18-2)20-13-7-3-4-8-13;/h3-6,9-10,12-13H,7-8,11H2,1-2H3,(H2,18,19,20);1H. The Labute approximate surface area is 158 Å². The Balaban J connectivity index is 0.00000242. The first-order valence-electron chi connectivity index (χ1n) is 7.22. The van der Waals surface area contributed by atoms with E-state index in [4.69, 9.17) is 4.74 Å². The van der Waals surface area contributed by atoms with Crippen LogP contribution in [0.3, 0.4) is 0 Å². The average molecular weight is 480 g/mol. The molecule has 0 aliphatic heterocycles. The third kappa shape index (κ3) is 6.16. The summed E-state index contributed by atoms with van der Waals surface area (Å²) in [6, 6.07) is 8.33.